The van der Waals surface area contributed by atoms with E-state index in [1.165, 1.54) is 0 Å². The van der Waals surface area contributed by atoms with Crippen molar-refractivity contribution in [1.82, 2.24) is 14.9 Å². The van der Waals surface area contributed by atoms with Crippen LogP contribution in [-0.2, 0) is 4.79 Å². The molecule has 190 valence electrons. The quantitative estimate of drug-likeness (QED) is 0.597. The van der Waals surface area contributed by atoms with E-state index < -0.39 is 29.4 Å². The third kappa shape index (κ3) is 6.04. The standard InChI is InChI=1S/C25H32F3N5O2/c1-15(2)7-24(34)32-5-3-16(4-6-32)14-35-17-10-30-25(31-11-17)33-12-19(23(29)13-33)18-8-21(27)22(28)9-20(18)26/h8-11,15-16,19,23H,3-7,12-14,29H2,1-2H3/t19-,23+/m1/s1. The summed E-state index contributed by atoms with van der Waals surface area (Å²) >= 11 is 0. The molecule has 1 aromatic heterocycles. The maximum absolute atomic E-state index is 14.2. The molecule has 0 radical (unpaired) electrons. The second-order valence-electron chi connectivity index (χ2n) is 9.92. The zero-order chi connectivity index (χ0) is 25.1. The van der Waals surface area contributed by atoms with Crippen LogP contribution in [0.5, 0.6) is 5.75 Å². The van der Waals surface area contributed by atoms with Crippen LogP contribution in [0, 0.1) is 29.3 Å². The molecule has 35 heavy (non-hydrogen) atoms. The summed E-state index contributed by atoms with van der Waals surface area (Å²) in [5, 5.41) is 0. The summed E-state index contributed by atoms with van der Waals surface area (Å²) in [6, 6.07) is 0.948. The van der Waals surface area contributed by atoms with Crippen LogP contribution in [0.25, 0.3) is 0 Å². The van der Waals surface area contributed by atoms with Crippen molar-refractivity contribution < 1.29 is 22.7 Å². The van der Waals surface area contributed by atoms with Gasteiger partial charge in [-0.1, -0.05) is 13.8 Å². The molecule has 3 heterocycles. The van der Waals surface area contributed by atoms with Gasteiger partial charge in [-0.2, -0.15) is 0 Å². The molecule has 2 aromatic rings. The number of aromatic nitrogens is 2. The number of anilines is 1. The van der Waals surface area contributed by atoms with Gasteiger partial charge in [-0.3, -0.25) is 4.79 Å². The number of piperidine rings is 1. The van der Waals surface area contributed by atoms with Gasteiger partial charge in [-0.05, 0) is 36.3 Å². The minimum absolute atomic E-state index is 0.0517. The monoisotopic (exact) mass is 491 g/mol. The average molecular weight is 492 g/mol. The molecule has 0 spiro atoms. The summed E-state index contributed by atoms with van der Waals surface area (Å²) in [5.41, 5.74) is 6.23. The van der Waals surface area contributed by atoms with Gasteiger partial charge in [-0.25, -0.2) is 23.1 Å². The SMILES string of the molecule is CC(C)CC(=O)N1CCC(COc2cnc(N3C[C@H](c4cc(F)c(F)cc4F)[C@@H](N)C3)nc2)CC1. The lowest BCUT2D eigenvalue weighted by atomic mass is 9.94. The number of hydrogen-bond donors (Lipinski definition) is 1. The molecular weight excluding hydrogens is 459 g/mol. The number of carbonyl (C=O) groups is 1. The van der Waals surface area contributed by atoms with Gasteiger partial charge in [0.15, 0.2) is 17.4 Å². The van der Waals surface area contributed by atoms with Crippen LogP contribution in [-0.4, -0.2) is 59.6 Å². The molecule has 0 unspecified atom stereocenters. The van der Waals surface area contributed by atoms with E-state index in [1.54, 1.807) is 17.3 Å². The highest BCUT2D eigenvalue weighted by Gasteiger charge is 2.35. The van der Waals surface area contributed by atoms with Crippen molar-refractivity contribution >= 4 is 11.9 Å². The molecule has 2 fully saturated rings. The molecule has 2 atom stereocenters. The predicted molar refractivity (Wildman–Crippen MR) is 126 cm³/mol. The second-order valence-corrected chi connectivity index (χ2v) is 9.92. The Bertz CT molecular complexity index is 1030. The number of likely N-dealkylation sites (tertiary alicyclic amines) is 1. The summed E-state index contributed by atoms with van der Waals surface area (Å²) in [6.07, 6.45) is 5.55. The number of hydrogen-bond acceptors (Lipinski definition) is 6. The highest BCUT2D eigenvalue weighted by molar-refractivity contribution is 5.76. The maximum atomic E-state index is 14.2. The lowest BCUT2D eigenvalue weighted by Gasteiger charge is -2.32. The van der Waals surface area contributed by atoms with Gasteiger partial charge in [0.2, 0.25) is 11.9 Å². The summed E-state index contributed by atoms with van der Waals surface area (Å²) in [5.74, 6) is -1.75. The van der Waals surface area contributed by atoms with Crippen molar-refractivity contribution in [1.29, 1.82) is 0 Å². The van der Waals surface area contributed by atoms with E-state index in [1.807, 2.05) is 4.90 Å². The Kier molecular flexibility index (Phi) is 7.78. The topological polar surface area (TPSA) is 84.6 Å². The molecule has 4 rings (SSSR count). The molecule has 0 bridgehead atoms. The molecule has 2 aliphatic rings. The molecule has 10 heteroatoms. The van der Waals surface area contributed by atoms with E-state index in [-0.39, 0.29) is 18.0 Å². The summed E-state index contributed by atoms with van der Waals surface area (Å²) in [6.45, 7) is 6.78. The van der Waals surface area contributed by atoms with E-state index in [2.05, 4.69) is 23.8 Å². The number of nitrogens with zero attached hydrogens (tertiary/aromatic N) is 4. The summed E-state index contributed by atoms with van der Waals surface area (Å²) < 4.78 is 47.1. The normalized spacial score (nSPS) is 21.1. The van der Waals surface area contributed by atoms with Gasteiger partial charge in [0.1, 0.15) is 5.82 Å². The summed E-state index contributed by atoms with van der Waals surface area (Å²) in [4.78, 5) is 24.7. The average Bonchev–Trinajstić information content (AvgIpc) is 3.21. The number of nitrogens with two attached hydrogens (primary N) is 1. The second kappa shape index (κ2) is 10.8. The van der Waals surface area contributed by atoms with Crippen LogP contribution >= 0.6 is 0 Å². The Morgan fingerprint density at radius 1 is 1.09 bits per heavy atom. The fourth-order valence-corrected chi connectivity index (χ4v) is 4.73. The van der Waals surface area contributed by atoms with E-state index in [9.17, 15) is 18.0 Å². The van der Waals surface area contributed by atoms with Crippen LogP contribution in [0.15, 0.2) is 24.5 Å². The molecule has 1 aromatic carbocycles. The zero-order valence-electron chi connectivity index (χ0n) is 20.1. The van der Waals surface area contributed by atoms with Crippen molar-refractivity contribution in [2.24, 2.45) is 17.6 Å². The highest BCUT2D eigenvalue weighted by Crippen LogP contribution is 2.31. The fourth-order valence-electron chi connectivity index (χ4n) is 4.73. The number of amides is 1. The Hall–Kier alpha value is -2.88. The minimum atomic E-state index is -1.22. The van der Waals surface area contributed by atoms with Crippen molar-refractivity contribution in [3.63, 3.8) is 0 Å². The minimum Gasteiger partial charge on any atom is -0.490 e. The Balaban J connectivity index is 1.28. The third-order valence-electron chi connectivity index (χ3n) is 6.74. The van der Waals surface area contributed by atoms with E-state index >= 15 is 0 Å². The molecule has 7 nitrogen and oxygen atoms in total. The van der Waals surface area contributed by atoms with Crippen LogP contribution in [0.1, 0.15) is 44.6 Å². The van der Waals surface area contributed by atoms with Crippen LogP contribution in [0.2, 0.25) is 0 Å². The first-order valence-corrected chi connectivity index (χ1v) is 12.1. The van der Waals surface area contributed by atoms with E-state index in [0.29, 0.717) is 49.2 Å². The fraction of sp³-hybridized carbons (Fsp3) is 0.560. The largest absolute Gasteiger partial charge is 0.490 e. The highest BCUT2D eigenvalue weighted by atomic mass is 19.2. The van der Waals surface area contributed by atoms with Crippen LogP contribution < -0.4 is 15.4 Å². The Morgan fingerprint density at radius 3 is 2.40 bits per heavy atom. The van der Waals surface area contributed by atoms with Gasteiger partial charge >= 0.3 is 0 Å². The van der Waals surface area contributed by atoms with Crippen molar-refractivity contribution in [3.8, 4) is 5.75 Å². The molecule has 0 aliphatic carbocycles. The van der Waals surface area contributed by atoms with Gasteiger partial charge in [-0.15, -0.1) is 0 Å². The number of benzene rings is 1. The Labute approximate surface area is 203 Å². The summed E-state index contributed by atoms with van der Waals surface area (Å²) in [7, 11) is 0. The van der Waals surface area contributed by atoms with Crippen molar-refractivity contribution in [2.75, 3.05) is 37.7 Å². The molecule has 1 amide bonds. The molecular formula is C25H32F3N5O2. The molecule has 2 N–H and O–H groups in total. The van der Waals surface area contributed by atoms with E-state index in [0.717, 1.165) is 32.0 Å². The Morgan fingerprint density at radius 2 is 1.74 bits per heavy atom. The van der Waals surface area contributed by atoms with Crippen LogP contribution in [0.3, 0.4) is 0 Å². The maximum Gasteiger partial charge on any atom is 0.225 e. The molecule has 2 aliphatic heterocycles. The number of rotatable bonds is 7. The van der Waals surface area contributed by atoms with Crippen molar-refractivity contribution in [2.45, 2.75) is 45.1 Å². The van der Waals surface area contributed by atoms with Crippen LogP contribution in [0.4, 0.5) is 19.1 Å². The molecule has 0 saturated carbocycles. The number of halogens is 3. The third-order valence-corrected chi connectivity index (χ3v) is 6.74. The van der Waals surface area contributed by atoms with E-state index in [4.69, 9.17) is 10.5 Å². The first-order chi connectivity index (χ1) is 16.7. The zero-order valence-corrected chi connectivity index (χ0v) is 20.1. The van der Waals surface area contributed by atoms with Gasteiger partial charge in [0, 0.05) is 50.6 Å². The molecule has 2 saturated heterocycles. The number of carbonyl (C=O) groups excluding carboxylic acids is 1. The van der Waals surface area contributed by atoms with Crippen molar-refractivity contribution in [3.05, 3.63) is 47.5 Å². The predicted octanol–water partition coefficient (Wildman–Crippen LogP) is 3.49. The van der Waals surface area contributed by atoms with Gasteiger partial charge < -0.3 is 20.3 Å². The first-order valence-electron chi connectivity index (χ1n) is 12.1. The van der Waals surface area contributed by atoms with Gasteiger partial charge in [0.25, 0.3) is 0 Å². The lowest BCUT2D eigenvalue weighted by molar-refractivity contribution is -0.133. The first kappa shape index (κ1) is 25.2. The van der Waals surface area contributed by atoms with Gasteiger partial charge in [0.05, 0.1) is 19.0 Å². The number of ether oxygens (including phenoxy) is 1. The smallest absolute Gasteiger partial charge is 0.225 e. The lowest BCUT2D eigenvalue weighted by Crippen LogP contribution is -2.40.